The van der Waals surface area contributed by atoms with Crippen LogP contribution in [0.1, 0.15) is 26.4 Å². The second kappa shape index (κ2) is 6.14. The highest BCUT2D eigenvalue weighted by Gasteiger charge is 2.35. The maximum absolute atomic E-state index is 12.3. The zero-order chi connectivity index (χ0) is 17.4. The molecule has 122 valence electrons. The Hall–Kier alpha value is -2.99. The van der Waals surface area contributed by atoms with Crippen LogP contribution in [0.5, 0.6) is 0 Å². The highest BCUT2D eigenvalue weighted by atomic mass is 79.9. The predicted molar refractivity (Wildman–Crippen MR) is 98.0 cm³/mol. The van der Waals surface area contributed by atoms with Crippen LogP contribution in [0.25, 0.3) is 5.69 Å². The normalized spacial score (nSPS) is 13.7. The van der Waals surface area contributed by atoms with Gasteiger partial charge < -0.3 is 4.57 Å². The molecule has 0 aliphatic carbocycles. The summed E-state index contributed by atoms with van der Waals surface area (Å²) < 4.78 is 2.92. The number of rotatable bonds is 3. The topological polar surface area (TPSA) is 54.7 Å². The third-order valence-corrected chi connectivity index (χ3v) is 4.49. The fourth-order valence-electron chi connectivity index (χ4n) is 2.73. The fourth-order valence-corrected chi connectivity index (χ4v) is 3.00. The Morgan fingerprint density at radius 3 is 2.12 bits per heavy atom. The van der Waals surface area contributed by atoms with Crippen LogP contribution in [-0.2, 0) is 0 Å². The van der Waals surface area contributed by atoms with Gasteiger partial charge in [0.25, 0.3) is 11.8 Å². The molecule has 1 aliphatic heterocycles. The number of hydrogen-bond acceptors (Lipinski definition) is 3. The van der Waals surface area contributed by atoms with Crippen LogP contribution in [-0.4, -0.2) is 27.6 Å². The molecule has 25 heavy (non-hydrogen) atoms. The summed E-state index contributed by atoms with van der Waals surface area (Å²) in [6.07, 6.45) is 3.41. The van der Waals surface area contributed by atoms with E-state index in [1.54, 1.807) is 24.3 Å². The zero-order valence-corrected chi connectivity index (χ0v) is 14.6. The number of benzene rings is 2. The number of carbonyl (C=O) groups is 2. The number of hydrazone groups is 1. The molecule has 2 aromatic carbocycles. The monoisotopic (exact) mass is 393 g/mol. The summed E-state index contributed by atoms with van der Waals surface area (Å²) in [5.74, 6) is -0.808. The van der Waals surface area contributed by atoms with Crippen LogP contribution >= 0.6 is 15.9 Å². The molecular formula is C19H12BrN3O2. The molecule has 2 amide bonds. The molecule has 2 heterocycles. The molecule has 0 saturated heterocycles. The van der Waals surface area contributed by atoms with Crippen molar-refractivity contribution >= 4 is 34.0 Å². The Balaban J connectivity index is 1.64. The summed E-state index contributed by atoms with van der Waals surface area (Å²) in [5.41, 5.74) is 2.48. The molecule has 0 radical (unpaired) electrons. The number of nitrogens with zero attached hydrogens (tertiary/aromatic N) is 3. The number of carbonyl (C=O) groups excluding carboxylic acids is 2. The van der Waals surface area contributed by atoms with Gasteiger partial charge in [0, 0.05) is 16.4 Å². The van der Waals surface area contributed by atoms with Gasteiger partial charge >= 0.3 is 0 Å². The third kappa shape index (κ3) is 2.70. The van der Waals surface area contributed by atoms with E-state index in [2.05, 4.69) is 21.0 Å². The summed E-state index contributed by atoms with van der Waals surface area (Å²) in [4.78, 5) is 24.7. The lowest BCUT2D eigenvalue weighted by molar-refractivity contribution is 0.0660. The first kappa shape index (κ1) is 15.5. The molecule has 0 spiro atoms. The zero-order valence-electron chi connectivity index (χ0n) is 13.0. The Bertz CT molecular complexity index is 971. The Morgan fingerprint density at radius 2 is 1.48 bits per heavy atom. The van der Waals surface area contributed by atoms with Crippen molar-refractivity contribution in [2.24, 2.45) is 5.10 Å². The summed E-state index contributed by atoms with van der Waals surface area (Å²) in [6.45, 7) is 0. The van der Waals surface area contributed by atoms with E-state index < -0.39 is 11.8 Å². The lowest BCUT2D eigenvalue weighted by atomic mass is 10.1. The lowest BCUT2D eigenvalue weighted by Crippen LogP contribution is -2.24. The number of imide groups is 1. The van der Waals surface area contributed by atoms with E-state index >= 15 is 0 Å². The van der Waals surface area contributed by atoms with Crippen LogP contribution in [0.4, 0.5) is 0 Å². The Kier molecular flexibility index (Phi) is 3.82. The minimum absolute atomic E-state index is 0.382. The van der Waals surface area contributed by atoms with Crippen LogP contribution in [0.2, 0.25) is 0 Å². The number of fused-ring (bicyclic) bond motifs is 1. The summed E-state index contributed by atoms with van der Waals surface area (Å²) in [5, 5.41) is 5.03. The van der Waals surface area contributed by atoms with Gasteiger partial charge in [-0.2, -0.15) is 10.1 Å². The smallest absolute Gasteiger partial charge is 0.282 e. The van der Waals surface area contributed by atoms with Gasteiger partial charge in [-0.05, 0) is 48.5 Å². The van der Waals surface area contributed by atoms with Crippen molar-refractivity contribution in [2.45, 2.75) is 0 Å². The number of halogens is 1. The molecule has 4 rings (SSSR count). The maximum Gasteiger partial charge on any atom is 0.282 e. The highest BCUT2D eigenvalue weighted by molar-refractivity contribution is 9.10. The van der Waals surface area contributed by atoms with E-state index in [0.717, 1.165) is 20.9 Å². The van der Waals surface area contributed by atoms with Crippen molar-refractivity contribution in [3.63, 3.8) is 0 Å². The third-order valence-electron chi connectivity index (χ3n) is 3.96. The van der Waals surface area contributed by atoms with E-state index in [1.165, 1.54) is 6.21 Å². The average molecular weight is 394 g/mol. The van der Waals surface area contributed by atoms with Gasteiger partial charge in [0.05, 0.1) is 23.0 Å². The standard InChI is InChI=1S/C19H12BrN3O2/c20-13-7-9-14(10-8-13)22-11-3-4-15(22)12-21-23-18(24)16-5-1-2-6-17(16)19(23)25/h1-12H/b21-12+. The summed E-state index contributed by atoms with van der Waals surface area (Å²) >= 11 is 3.41. The molecular weight excluding hydrogens is 382 g/mol. The molecule has 0 N–H and O–H groups in total. The quantitative estimate of drug-likeness (QED) is 0.500. The highest BCUT2D eigenvalue weighted by Crippen LogP contribution is 2.23. The number of hydrogen-bond donors (Lipinski definition) is 0. The predicted octanol–water partition coefficient (Wildman–Crippen LogP) is 3.87. The van der Waals surface area contributed by atoms with E-state index in [1.807, 2.05) is 47.2 Å². The van der Waals surface area contributed by atoms with E-state index in [-0.39, 0.29) is 0 Å². The van der Waals surface area contributed by atoms with Gasteiger partial charge in [-0.15, -0.1) is 0 Å². The van der Waals surface area contributed by atoms with Crippen LogP contribution in [0.15, 0.2) is 76.4 Å². The first-order valence-corrected chi connectivity index (χ1v) is 8.39. The fraction of sp³-hybridized carbons (Fsp3) is 0. The molecule has 0 atom stereocenters. The van der Waals surface area contributed by atoms with Gasteiger partial charge in [0.2, 0.25) is 0 Å². The average Bonchev–Trinajstić information content (AvgIpc) is 3.19. The Labute approximate surface area is 152 Å². The molecule has 0 unspecified atom stereocenters. The van der Waals surface area contributed by atoms with E-state index in [4.69, 9.17) is 0 Å². The van der Waals surface area contributed by atoms with Gasteiger partial charge in [0.15, 0.2) is 0 Å². The number of amides is 2. The second-order valence-corrected chi connectivity index (χ2v) is 6.41. The molecule has 0 fully saturated rings. The molecule has 1 aliphatic rings. The molecule has 5 nitrogen and oxygen atoms in total. The first-order valence-electron chi connectivity index (χ1n) is 7.60. The summed E-state index contributed by atoms with van der Waals surface area (Å²) in [6, 6.07) is 18.3. The van der Waals surface area contributed by atoms with Gasteiger partial charge in [-0.3, -0.25) is 9.59 Å². The maximum atomic E-state index is 12.3. The van der Waals surface area contributed by atoms with Gasteiger partial charge in [-0.1, -0.05) is 28.1 Å². The van der Waals surface area contributed by atoms with Crippen molar-refractivity contribution in [2.75, 3.05) is 0 Å². The number of aromatic nitrogens is 1. The second-order valence-electron chi connectivity index (χ2n) is 5.49. The molecule has 1 aromatic heterocycles. The summed E-state index contributed by atoms with van der Waals surface area (Å²) in [7, 11) is 0. The van der Waals surface area contributed by atoms with Crippen LogP contribution in [0.3, 0.4) is 0 Å². The lowest BCUT2D eigenvalue weighted by Gasteiger charge is -2.08. The largest absolute Gasteiger partial charge is 0.316 e. The Morgan fingerprint density at radius 1 is 0.840 bits per heavy atom. The van der Waals surface area contributed by atoms with Gasteiger partial charge in [0.1, 0.15) is 0 Å². The minimum atomic E-state index is -0.404. The van der Waals surface area contributed by atoms with E-state index in [0.29, 0.717) is 11.1 Å². The molecule has 6 heteroatoms. The molecule has 3 aromatic rings. The van der Waals surface area contributed by atoms with Crippen molar-refractivity contribution in [3.05, 3.63) is 88.2 Å². The van der Waals surface area contributed by atoms with Gasteiger partial charge in [-0.25, -0.2) is 0 Å². The van der Waals surface area contributed by atoms with Crippen LogP contribution in [0, 0.1) is 0 Å². The SMILES string of the molecule is O=C1c2ccccc2C(=O)N1/N=C/c1cccn1-c1ccc(Br)cc1. The first-order chi connectivity index (χ1) is 12.1. The van der Waals surface area contributed by atoms with Crippen molar-refractivity contribution < 1.29 is 9.59 Å². The molecule has 0 saturated carbocycles. The van der Waals surface area contributed by atoms with Crippen molar-refractivity contribution in [3.8, 4) is 5.69 Å². The molecule has 0 bridgehead atoms. The van der Waals surface area contributed by atoms with Crippen molar-refractivity contribution in [1.29, 1.82) is 0 Å². The van der Waals surface area contributed by atoms with Crippen molar-refractivity contribution in [1.82, 2.24) is 9.58 Å². The van der Waals surface area contributed by atoms with E-state index in [9.17, 15) is 9.59 Å². The van der Waals surface area contributed by atoms with Crippen LogP contribution < -0.4 is 0 Å². The minimum Gasteiger partial charge on any atom is -0.316 e.